The number of nitrogens with zero attached hydrogens (tertiary/aromatic N) is 3. The highest BCUT2D eigenvalue weighted by atomic mass is 16.4. The normalized spacial score (nSPS) is 15.0. The Morgan fingerprint density at radius 2 is 1.78 bits per heavy atom. The molecule has 1 aliphatic heterocycles. The van der Waals surface area contributed by atoms with Gasteiger partial charge in [-0.15, -0.1) is 0 Å². The molecular weight excluding hydrogens is 456 g/mol. The van der Waals surface area contributed by atoms with Crippen LogP contribution >= 0.6 is 0 Å². The number of aromatic nitrogens is 1. The Kier molecular flexibility index (Phi) is 7.95. The second-order valence-corrected chi connectivity index (χ2v) is 8.99. The first-order chi connectivity index (χ1) is 17.4. The molecule has 1 atom stereocenters. The Balaban J connectivity index is 1.51. The minimum Gasteiger partial charge on any atom is -0.481 e. The summed E-state index contributed by atoms with van der Waals surface area (Å²) in [5, 5.41) is 12.5. The van der Waals surface area contributed by atoms with E-state index in [1.165, 1.54) is 0 Å². The molecule has 4 rings (SSSR count). The van der Waals surface area contributed by atoms with Crippen molar-refractivity contribution in [2.24, 2.45) is 0 Å². The lowest BCUT2D eigenvalue weighted by molar-refractivity contribution is -0.141. The van der Waals surface area contributed by atoms with Crippen LogP contribution in [-0.4, -0.2) is 63.9 Å². The van der Waals surface area contributed by atoms with Gasteiger partial charge in [0.2, 0.25) is 5.91 Å². The van der Waals surface area contributed by atoms with Gasteiger partial charge >= 0.3 is 5.97 Å². The molecule has 0 fully saturated rings. The van der Waals surface area contributed by atoms with Crippen LogP contribution in [0.2, 0.25) is 0 Å². The summed E-state index contributed by atoms with van der Waals surface area (Å²) in [6, 6.07) is 18.1. The van der Waals surface area contributed by atoms with Crippen LogP contribution in [-0.2, 0) is 29.0 Å². The molecule has 2 amide bonds. The van der Waals surface area contributed by atoms with E-state index < -0.39 is 12.0 Å². The molecule has 186 valence electrons. The molecule has 0 aliphatic carbocycles. The molecule has 1 unspecified atom stereocenters. The molecule has 2 N–H and O–H groups in total. The van der Waals surface area contributed by atoms with Crippen LogP contribution in [0.1, 0.15) is 33.5 Å². The standard InChI is InChI=1S/C28H30N4O4/c1-31(15-11-21-9-13-29-14-10-21)27(35)22-7-8-23-19-32(16-12-20-5-3-2-4-6-20)28(36)25(18-26(33)34)30-24(23)17-22/h2-10,13-14,17,25,30H,11-12,15-16,18-19H2,1H3,(H,33,34). The second kappa shape index (κ2) is 11.5. The SMILES string of the molecule is CN(CCc1ccncc1)C(=O)c1ccc2c(c1)NC(CC(=O)O)C(=O)N(CCc1ccccc1)C2. The molecule has 8 nitrogen and oxygen atoms in total. The second-order valence-electron chi connectivity index (χ2n) is 8.99. The summed E-state index contributed by atoms with van der Waals surface area (Å²) in [5.41, 5.74) is 4.15. The number of carboxylic acids is 1. The topological polar surface area (TPSA) is 103 Å². The van der Waals surface area contributed by atoms with Gasteiger partial charge in [0.15, 0.2) is 0 Å². The van der Waals surface area contributed by atoms with Gasteiger partial charge in [-0.2, -0.15) is 0 Å². The van der Waals surface area contributed by atoms with E-state index in [1.54, 1.807) is 41.4 Å². The fourth-order valence-corrected chi connectivity index (χ4v) is 4.31. The Bertz CT molecular complexity index is 1220. The van der Waals surface area contributed by atoms with E-state index >= 15 is 0 Å². The van der Waals surface area contributed by atoms with E-state index in [2.05, 4.69) is 10.3 Å². The predicted octanol–water partition coefficient (Wildman–Crippen LogP) is 3.24. The summed E-state index contributed by atoms with van der Waals surface area (Å²) < 4.78 is 0. The first kappa shape index (κ1) is 24.9. The van der Waals surface area contributed by atoms with E-state index in [1.807, 2.05) is 48.5 Å². The van der Waals surface area contributed by atoms with Crippen LogP contribution in [0, 0.1) is 0 Å². The molecule has 36 heavy (non-hydrogen) atoms. The molecule has 3 aromatic rings. The van der Waals surface area contributed by atoms with Crippen LogP contribution in [0.25, 0.3) is 0 Å². The fraction of sp³-hybridized carbons (Fsp3) is 0.286. The molecule has 1 aliphatic rings. The van der Waals surface area contributed by atoms with Gasteiger partial charge in [0, 0.05) is 50.3 Å². The number of nitrogens with one attached hydrogen (secondary N) is 1. The minimum atomic E-state index is -1.06. The van der Waals surface area contributed by atoms with E-state index in [0.717, 1.165) is 16.7 Å². The van der Waals surface area contributed by atoms with E-state index in [-0.39, 0.29) is 18.2 Å². The zero-order valence-electron chi connectivity index (χ0n) is 20.3. The van der Waals surface area contributed by atoms with Gasteiger partial charge in [0.25, 0.3) is 5.91 Å². The number of carbonyl (C=O) groups is 3. The maximum atomic E-state index is 13.2. The highest BCUT2D eigenvalue weighted by molar-refractivity contribution is 5.96. The Morgan fingerprint density at radius 3 is 2.50 bits per heavy atom. The van der Waals surface area contributed by atoms with Crippen molar-refractivity contribution in [2.75, 3.05) is 25.5 Å². The number of benzene rings is 2. The first-order valence-corrected chi connectivity index (χ1v) is 12.0. The Morgan fingerprint density at radius 1 is 1.06 bits per heavy atom. The summed E-state index contributed by atoms with van der Waals surface area (Å²) in [5.74, 6) is -1.46. The van der Waals surface area contributed by atoms with E-state index in [9.17, 15) is 19.5 Å². The van der Waals surface area contributed by atoms with Gasteiger partial charge in [-0.05, 0) is 53.8 Å². The molecule has 8 heteroatoms. The third-order valence-corrected chi connectivity index (χ3v) is 6.38. The molecule has 2 aromatic carbocycles. The highest BCUT2D eigenvalue weighted by Gasteiger charge is 2.31. The summed E-state index contributed by atoms with van der Waals surface area (Å²) in [6.07, 6.45) is 4.49. The molecule has 0 spiro atoms. The number of hydrogen-bond donors (Lipinski definition) is 2. The highest BCUT2D eigenvalue weighted by Crippen LogP contribution is 2.26. The van der Waals surface area contributed by atoms with Crippen molar-refractivity contribution >= 4 is 23.5 Å². The average Bonchev–Trinajstić information content (AvgIpc) is 3.02. The van der Waals surface area contributed by atoms with Crippen molar-refractivity contribution < 1.29 is 19.5 Å². The zero-order valence-corrected chi connectivity index (χ0v) is 20.3. The number of likely N-dealkylation sites (N-methyl/N-ethyl adjacent to an activating group) is 1. The smallest absolute Gasteiger partial charge is 0.305 e. The Labute approximate surface area is 210 Å². The lowest BCUT2D eigenvalue weighted by Crippen LogP contribution is -2.42. The number of anilines is 1. The lowest BCUT2D eigenvalue weighted by Gasteiger charge is -2.24. The van der Waals surface area contributed by atoms with Crippen LogP contribution in [0.5, 0.6) is 0 Å². The Hall–Kier alpha value is -4.20. The third-order valence-electron chi connectivity index (χ3n) is 6.38. The average molecular weight is 487 g/mol. The lowest BCUT2D eigenvalue weighted by atomic mass is 10.1. The fourth-order valence-electron chi connectivity index (χ4n) is 4.31. The van der Waals surface area contributed by atoms with Crippen molar-refractivity contribution in [3.8, 4) is 0 Å². The maximum Gasteiger partial charge on any atom is 0.305 e. The van der Waals surface area contributed by atoms with Crippen LogP contribution < -0.4 is 5.32 Å². The number of carbonyl (C=O) groups excluding carboxylic acids is 2. The zero-order chi connectivity index (χ0) is 25.5. The predicted molar refractivity (Wildman–Crippen MR) is 137 cm³/mol. The van der Waals surface area contributed by atoms with Gasteiger partial charge in [-0.3, -0.25) is 19.4 Å². The molecule has 0 saturated carbocycles. The number of aliphatic carboxylic acids is 1. The van der Waals surface area contributed by atoms with Gasteiger partial charge in [-0.25, -0.2) is 0 Å². The van der Waals surface area contributed by atoms with Crippen molar-refractivity contribution in [1.82, 2.24) is 14.8 Å². The van der Waals surface area contributed by atoms with Crippen LogP contribution in [0.15, 0.2) is 73.1 Å². The summed E-state index contributed by atoms with van der Waals surface area (Å²) in [4.78, 5) is 45.2. The quantitative estimate of drug-likeness (QED) is 0.481. The van der Waals surface area contributed by atoms with E-state index in [4.69, 9.17) is 0 Å². The van der Waals surface area contributed by atoms with Crippen LogP contribution in [0.3, 0.4) is 0 Å². The molecular formula is C28H30N4O4. The molecule has 0 saturated heterocycles. The number of hydrogen-bond acceptors (Lipinski definition) is 5. The van der Waals surface area contributed by atoms with Gasteiger partial charge in [0.1, 0.15) is 6.04 Å². The molecule has 0 radical (unpaired) electrons. The van der Waals surface area contributed by atoms with Gasteiger partial charge < -0.3 is 20.2 Å². The molecule has 1 aromatic heterocycles. The first-order valence-electron chi connectivity index (χ1n) is 12.0. The van der Waals surface area contributed by atoms with Crippen molar-refractivity contribution in [3.63, 3.8) is 0 Å². The maximum absolute atomic E-state index is 13.2. The number of rotatable bonds is 9. The molecule has 2 heterocycles. The largest absolute Gasteiger partial charge is 0.481 e. The van der Waals surface area contributed by atoms with Gasteiger partial charge in [-0.1, -0.05) is 36.4 Å². The summed E-state index contributed by atoms with van der Waals surface area (Å²) >= 11 is 0. The van der Waals surface area contributed by atoms with Crippen molar-refractivity contribution in [2.45, 2.75) is 31.8 Å². The number of pyridine rings is 1. The monoisotopic (exact) mass is 486 g/mol. The summed E-state index contributed by atoms with van der Waals surface area (Å²) in [6.45, 7) is 1.36. The van der Waals surface area contributed by atoms with Crippen molar-refractivity contribution in [3.05, 3.63) is 95.3 Å². The van der Waals surface area contributed by atoms with Crippen LogP contribution in [0.4, 0.5) is 5.69 Å². The number of fused-ring (bicyclic) bond motifs is 1. The molecule has 0 bridgehead atoms. The summed E-state index contributed by atoms with van der Waals surface area (Å²) in [7, 11) is 1.75. The van der Waals surface area contributed by atoms with E-state index in [0.29, 0.717) is 43.7 Å². The van der Waals surface area contributed by atoms with Gasteiger partial charge in [0.05, 0.1) is 6.42 Å². The third kappa shape index (κ3) is 6.27. The number of amides is 2. The van der Waals surface area contributed by atoms with Crippen molar-refractivity contribution in [1.29, 1.82) is 0 Å². The minimum absolute atomic E-state index is 0.139. The number of carboxylic acid groups (broad SMARTS) is 1.